The smallest absolute Gasteiger partial charge is 0.262 e. The molecule has 3 heteroatoms. The monoisotopic (exact) mass is 324 g/mol. The van der Waals surface area contributed by atoms with Crippen LogP contribution in [0.2, 0.25) is 0 Å². The van der Waals surface area contributed by atoms with Gasteiger partial charge in [0.1, 0.15) is 5.75 Å². The highest BCUT2D eigenvalue weighted by molar-refractivity contribution is 6.64. The lowest BCUT2D eigenvalue weighted by Gasteiger charge is -2.31. The summed E-state index contributed by atoms with van der Waals surface area (Å²) in [7, 11) is 0. The molecule has 1 aromatic carbocycles. The molecule has 124 valence electrons. The van der Waals surface area contributed by atoms with E-state index in [4.69, 9.17) is 16.3 Å². The van der Waals surface area contributed by atoms with E-state index in [1.165, 1.54) is 5.56 Å². The number of hydrogen-bond donors (Lipinski definition) is 0. The fraction of sp³-hybridized carbons (Fsp3) is 0.632. The van der Waals surface area contributed by atoms with Gasteiger partial charge in [-0.2, -0.15) is 0 Å². The van der Waals surface area contributed by atoms with Crippen molar-refractivity contribution in [2.45, 2.75) is 78.2 Å². The third kappa shape index (κ3) is 4.25. The first-order valence-corrected chi connectivity index (χ1v) is 8.44. The minimum atomic E-state index is -0.641. The van der Waals surface area contributed by atoms with Gasteiger partial charge in [-0.15, -0.1) is 0 Å². The zero-order chi connectivity index (χ0) is 17.1. The zero-order valence-electron chi connectivity index (χ0n) is 14.9. The second-order valence-electron chi connectivity index (χ2n) is 7.25. The molecule has 1 unspecified atom stereocenters. The van der Waals surface area contributed by atoms with Crippen LogP contribution in [0.3, 0.4) is 0 Å². The fourth-order valence-corrected chi connectivity index (χ4v) is 2.26. The van der Waals surface area contributed by atoms with Gasteiger partial charge in [0.2, 0.25) is 0 Å². The van der Waals surface area contributed by atoms with Gasteiger partial charge in [-0.25, -0.2) is 0 Å². The molecule has 1 atom stereocenters. The quantitative estimate of drug-likeness (QED) is 0.611. The Labute approximate surface area is 140 Å². The van der Waals surface area contributed by atoms with Crippen molar-refractivity contribution < 1.29 is 9.53 Å². The van der Waals surface area contributed by atoms with Crippen LogP contribution in [0.1, 0.15) is 72.4 Å². The van der Waals surface area contributed by atoms with Crippen LogP contribution in [0.15, 0.2) is 18.2 Å². The highest BCUT2D eigenvalue weighted by atomic mass is 35.5. The summed E-state index contributed by atoms with van der Waals surface area (Å²) >= 11 is 5.54. The Morgan fingerprint density at radius 1 is 1.14 bits per heavy atom. The highest BCUT2D eigenvalue weighted by Gasteiger charge is 2.27. The molecule has 0 aromatic heterocycles. The van der Waals surface area contributed by atoms with E-state index in [0.29, 0.717) is 0 Å². The summed E-state index contributed by atoms with van der Waals surface area (Å²) in [5.74, 6) is 0.754. The van der Waals surface area contributed by atoms with E-state index in [-0.39, 0.29) is 10.8 Å². The largest absolute Gasteiger partial charge is 0.481 e. The molecule has 2 nitrogen and oxygen atoms in total. The third-order valence-electron chi connectivity index (χ3n) is 4.88. The molecule has 0 aliphatic rings. The van der Waals surface area contributed by atoms with E-state index in [9.17, 15) is 4.79 Å². The van der Waals surface area contributed by atoms with Crippen molar-refractivity contribution in [2.24, 2.45) is 0 Å². The average Bonchev–Trinajstić information content (AvgIpc) is 2.47. The Morgan fingerprint density at radius 2 is 1.68 bits per heavy atom. The molecule has 0 saturated carbocycles. The number of benzene rings is 1. The van der Waals surface area contributed by atoms with Gasteiger partial charge in [0.25, 0.3) is 5.24 Å². The Hall–Kier alpha value is -1.02. The zero-order valence-corrected chi connectivity index (χ0v) is 15.7. The van der Waals surface area contributed by atoms with Crippen molar-refractivity contribution in [1.82, 2.24) is 0 Å². The van der Waals surface area contributed by atoms with Crippen LogP contribution < -0.4 is 4.74 Å². The van der Waals surface area contributed by atoms with Crippen molar-refractivity contribution in [3.63, 3.8) is 0 Å². The van der Waals surface area contributed by atoms with Crippen LogP contribution in [0.4, 0.5) is 0 Å². The summed E-state index contributed by atoms with van der Waals surface area (Å²) in [4.78, 5) is 11.3. The maximum absolute atomic E-state index is 11.3. The normalized spacial score (nSPS) is 13.8. The lowest BCUT2D eigenvalue weighted by molar-refractivity contribution is -0.117. The van der Waals surface area contributed by atoms with Crippen LogP contribution in [0.25, 0.3) is 0 Å². The molecule has 0 aliphatic carbocycles. The summed E-state index contributed by atoms with van der Waals surface area (Å²) in [5.41, 5.74) is 2.53. The minimum Gasteiger partial charge on any atom is -0.481 e. The van der Waals surface area contributed by atoms with E-state index in [1.807, 2.05) is 6.07 Å². The predicted octanol–water partition coefficient (Wildman–Crippen LogP) is 5.59. The lowest BCUT2D eigenvalue weighted by Crippen LogP contribution is -2.24. The molecule has 0 N–H and O–H groups in total. The number of carbonyl (C=O) groups excluding carboxylic acids is 1. The molecule has 0 aliphatic heterocycles. The van der Waals surface area contributed by atoms with Gasteiger partial charge in [0.15, 0.2) is 6.10 Å². The van der Waals surface area contributed by atoms with Crippen molar-refractivity contribution in [2.75, 3.05) is 0 Å². The number of rotatable bonds is 7. The van der Waals surface area contributed by atoms with Crippen molar-refractivity contribution in [1.29, 1.82) is 0 Å². The molecule has 0 spiro atoms. The van der Waals surface area contributed by atoms with Gasteiger partial charge >= 0.3 is 0 Å². The Kier molecular flexibility index (Phi) is 6.09. The molecule has 0 bridgehead atoms. The Bertz CT molecular complexity index is 532. The summed E-state index contributed by atoms with van der Waals surface area (Å²) in [5, 5.41) is -0.474. The van der Waals surface area contributed by atoms with Crippen molar-refractivity contribution in [3.05, 3.63) is 29.3 Å². The lowest BCUT2D eigenvalue weighted by atomic mass is 9.76. The van der Waals surface area contributed by atoms with Crippen molar-refractivity contribution in [3.8, 4) is 5.75 Å². The Morgan fingerprint density at radius 3 is 2.14 bits per heavy atom. The topological polar surface area (TPSA) is 26.3 Å². The molecular formula is C19H29ClO2. The maximum atomic E-state index is 11.3. The molecule has 0 radical (unpaired) electrons. The minimum absolute atomic E-state index is 0.0236. The van der Waals surface area contributed by atoms with Gasteiger partial charge < -0.3 is 4.74 Å². The third-order valence-corrected chi connectivity index (χ3v) is 5.19. The van der Waals surface area contributed by atoms with Crippen LogP contribution in [-0.2, 0) is 15.6 Å². The van der Waals surface area contributed by atoms with E-state index in [2.05, 4.69) is 53.7 Å². The molecular weight excluding hydrogens is 296 g/mol. The summed E-state index contributed by atoms with van der Waals surface area (Å²) < 4.78 is 5.81. The van der Waals surface area contributed by atoms with E-state index in [0.717, 1.165) is 24.2 Å². The van der Waals surface area contributed by atoms with Crippen LogP contribution in [0, 0.1) is 0 Å². The molecule has 22 heavy (non-hydrogen) atoms. The van der Waals surface area contributed by atoms with Crippen LogP contribution in [-0.4, -0.2) is 11.3 Å². The molecule has 1 rings (SSSR count). The van der Waals surface area contributed by atoms with Gasteiger partial charge in [0, 0.05) is 5.56 Å². The van der Waals surface area contributed by atoms with E-state index >= 15 is 0 Å². The van der Waals surface area contributed by atoms with Gasteiger partial charge in [0.05, 0.1) is 0 Å². The number of hydrogen-bond acceptors (Lipinski definition) is 2. The Balaban J connectivity index is 3.36. The fourth-order valence-electron chi connectivity index (χ4n) is 2.21. The SMILES string of the molecule is CCC(C)(C)c1ccc(OC(C)C(=O)Cl)c(C(C)(C)CC)c1. The summed E-state index contributed by atoms with van der Waals surface area (Å²) in [6.07, 6.45) is 1.41. The van der Waals surface area contributed by atoms with Gasteiger partial charge in [-0.3, -0.25) is 4.79 Å². The van der Waals surface area contributed by atoms with E-state index in [1.54, 1.807) is 6.92 Å². The molecule has 1 aromatic rings. The predicted molar refractivity (Wildman–Crippen MR) is 94.0 cm³/mol. The number of halogens is 1. The highest BCUT2D eigenvalue weighted by Crippen LogP contribution is 2.38. The van der Waals surface area contributed by atoms with Crippen molar-refractivity contribution >= 4 is 16.8 Å². The molecule has 0 amide bonds. The van der Waals surface area contributed by atoms with Crippen LogP contribution in [0.5, 0.6) is 5.75 Å². The first kappa shape index (κ1) is 19.0. The van der Waals surface area contributed by atoms with E-state index < -0.39 is 11.3 Å². The van der Waals surface area contributed by atoms with Crippen LogP contribution >= 0.6 is 11.6 Å². The molecule has 0 heterocycles. The van der Waals surface area contributed by atoms with Gasteiger partial charge in [-0.1, -0.05) is 53.7 Å². The molecule has 0 saturated heterocycles. The standard InChI is InChI=1S/C19H29ClO2/c1-8-18(4,5)14-10-11-16(22-13(3)17(20)21)15(12-14)19(6,7)9-2/h10-13H,8-9H2,1-7H3. The van der Waals surface area contributed by atoms with Gasteiger partial charge in [-0.05, 0) is 53.8 Å². The summed E-state index contributed by atoms with van der Waals surface area (Å²) in [6.45, 7) is 14.9. The molecule has 0 fully saturated rings. The number of carbonyl (C=O) groups is 1. The first-order valence-electron chi connectivity index (χ1n) is 8.06. The number of ether oxygens (including phenoxy) is 1. The second-order valence-corrected chi connectivity index (χ2v) is 7.62. The second kappa shape index (κ2) is 7.04. The summed E-state index contributed by atoms with van der Waals surface area (Å²) in [6, 6.07) is 6.31. The average molecular weight is 325 g/mol. The maximum Gasteiger partial charge on any atom is 0.262 e. The first-order chi connectivity index (χ1) is 10.0.